The molecule has 0 saturated carbocycles. The van der Waals surface area contributed by atoms with Crippen molar-refractivity contribution >= 4 is 11.8 Å². The summed E-state index contributed by atoms with van der Waals surface area (Å²) >= 11 is 1.99. The van der Waals surface area contributed by atoms with Gasteiger partial charge in [0.25, 0.3) is 0 Å². The Balaban J connectivity index is 2.42. The summed E-state index contributed by atoms with van der Waals surface area (Å²) in [6, 6.07) is 9.18. The number of thioether (sulfide) groups is 1. The third-order valence-corrected chi connectivity index (χ3v) is 4.84. The van der Waals surface area contributed by atoms with Crippen LogP contribution in [0.1, 0.15) is 51.2 Å². The summed E-state index contributed by atoms with van der Waals surface area (Å²) < 4.78 is 0. The molecule has 1 nitrogen and oxygen atoms in total. The second kappa shape index (κ2) is 7.85. The largest absolute Gasteiger partial charge is 0.327 e. The molecule has 0 radical (unpaired) electrons. The van der Waals surface area contributed by atoms with Gasteiger partial charge in [-0.15, -0.1) is 0 Å². The van der Waals surface area contributed by atoms with Gasteiger partial charge in [0, 0.05) is 17.0 Å². The Morgan fingerprint density at radius 1 is 1.11 bits per heavy atom. The quantitative estimate of drug-likeness (QED) is 0.799. The van der Waals surface area contributed by atoms with E-state index in [1.54, 1.807) is 0 Å². The summed E-state index contributed by atoms with van der Waals surface area (Å²) in [6.45, 7) is 8.95. The lowest BCUT2D eigenvalue weighted by Crippen LogP contribution is -2.26. The molecule has 1 rings (SSSR count). The van der Waals surface area contributed by atoms with Gasteiger partial charge in [-0.25, -0.2) is 0 Å². The maximum absolute atomic E-state index is 6.19. The summed E-state index contributed by atoms with van der Waals surface area (Å²) in [5, 5.41) is 0.722. The fraction of sp³-hybridized carbons (Fsp3) is 0.625. The van der Waals surface area contributed by atoms with Crippen molar-refractivity contribution in [2.45, 2.75) is 57.7 Å². The van der Waals surface area contributed by atoms with Gasteiger partial charge in [0.1, 0.15) is 0 Å². The van der Waals surface area contributed by atoms with Crippen LogP contribution in [0.2, 0.25) is 0 Å². The molecule has 0 spiro atoms. The standard InChI is InChI=1S/C16H27NS/c1-5-13(4)18-11-16(17)10-14-6-8-15(9-7-14)12(2)3/h6-9,12-13,16H,5,10-11,17H2,1-4H3. The Hall–Kier alpha value is -0.470. The van der Waals surface area contributed by atoms with Gasteiger partial charge >= 0.3 is 0 Å². The van der Waals surface area contributed by atoms with Crippen LogP contribution in [0.15, 0.2) is 24.3 Å². The summed E-state index contributed by atoms with van der Waals surface area (Å²) in [5.74, 6) is 1.66. The minimum absolute atomic E-state index is 0.272. The second-order valence-electron chi connectivity index (χ2n) is 5.41. The first-order valence-electron chi connectivity index (χ1n) is 6.99. The van der Waals surface area contributed by atoms with Gasteiger partial charge in [-0.2, -0.15) is 11.8 Å². The lowest BCUT2D eigenvalue weighted by molar-refractivity contribution is 0.744. The van der Waals surface area contributed by atoms with E-state index >= 15 is 0 Å². The number of benzene rings is 1. The molecule has 0 amide bonds. The van der Waals surface area contributed by atoms with Crippen molar-refractivity contribution < 1.29 is 0 Å². The van der Waals surface area contributed by atoms with Gasteiger partial charge in [-0.3, -0.25) is 0 Å². The van der Waals surface area contributed by atoms with Crippen molar-refractivity contribution in [3.05, 3.63) is 35.4 Å². The lowest BCUT2D eigenvalue weighted by Gasteiger charge is -2.15. The summed E-state index contributed by atoms with van der Waals surface area (Å²) in [7, 11) is 0. The highest BCUT2D eigenvalue weighted by Crippen LogP contribution is 2.18. The van der Waals surface area contributed by atoms with Crippen molar-refractivity contribution in [3.8, 4) is 0 Å². The van der Waals surface area contributed by atoms with E-state index in [-0.39, 0.29) is 6.04 Å². The zero-order valence-corrected chi connectivity index (χ0v) is 13.0. The highest BCUT2D eigenvalue weighted by Gasteiger charge is 2.07. The summed E-state index contributed by atoms with van der Waals surface area (Å²) in [6.07, 6.45) is 2.21. The zero-order valence-electron chi connectivity index (χ0n) is 12.1. The molecule has 0 fully saturated rings. The Kier molecular flexibility index (Phi) is 6.80. The zero-order chi connectivity index (χ0) is 13.5. The topological polar surface area (TPSA) is 26.0 Å². The molecule has 2 atom stereocenters. The van der Waals surface area contributed by atoms with E-state index in [0.717, 1.165) is 17.4 Å². The van der Waals surface area contributed by atoms with Gasteiger partial charge < -0.3 is 5.73 Å². The van der Waals surface area contributed by atoms with Crippen LogP contribution in [0.5, 0.6) is 0 Å². The molecule has 0 heterocycles. The highest BCUT2D eigenvalue weighted by molar-refractivity contribution is 7.99. The van der Waals surface area contributed by atoms with Gasteiger partial charge in [-0.05, 0) is 29.9 Å². The molecule has 18 heavy (non-hydrogen) atoms. The SMILES string of the molecule is CCC(C)SCC(N)Cc1ccc(C(C)C)cc1. The van der Waals surface area contributed by atoms with E-state index in [2.05, 4.69) is 52.0 Å². The summed E-state index contributed by atoms with van der Waals surface area (Å²) in [4.78, 5) is 0. The number of hydrogen-bond acceptors (Lipinski definition) is 2. The van der Waals surface area contributed by atoms with Gasteiger partial charge in [0.05, 0.1) is 0 Å². The van der Waals surface area contributed by atoms with Crippen LogP contribution in [0.25, 0.3) is 0 Å². The van der Waals surface area contributed by atoms with E-state index in [1.807, 2.05) is 11.8 Å². The second-order valence-corrected chi connectivity index (χ2v) is 6.88. The molecule has 0 aliphatic carbocycles. The molecule has 0 bridgehead atoms. The predicted molar refractivity (Wildman–Crippen MR) is 84.4 cm³/mol. The van der Waals surface area contributed by atoms with E-state index < -0.39 is 0 Å². The van der Waals surface area contributed by atoms with Crippen LogP contribution in [-0.4, -0.2) is 17.0 Å². The minimum atomic E-state index is 0.272. The van der Waals surface area contributed by atoms with Crippen molar-refractivity contribution in [3.63, 3.8) is 0 Å². The first-order valence-corrected chi connectivity index (χ1v) is 8.03. The fourth-order valence-electron chi connectivity index (χ4n) is 1.81. The van der Waals surface area contributed by atoms with E-state index in [9.17, 15) is 0 Å². The van der Waals surface area contributed by atoms with Crippen LogP contribution < -0.4 is 5.73 Å². The smallest absolute Gasteiger partial charge is 0.0171 e. The number of rotatable bonds is 7. The minimum Gasteiger partial charge on any atom is -0.327 e. The molecular weight excluding hydrogens is 238 g/mol. The lowest BCUT2D eigenvalue weighted by atomic mass is 10.00. The summed E-state index contributed by atoms with van der Waals surface area (Å²) in [5.41, 5.74) is 8.95. The normalized spacial score (nSPS) is 14.8. The third-order valence-electron chi connectivity index (χ3n) is 3.31. The van der Waals surface area contributed by atoms with E-state index in [1.165, 1.54) is 17.5 Å². The van der Waals surface area contributed by atoms with Gasteiger partial charge in [-0.1, -0.05) is 52.0 Å². The third kappa shape index (κ3) is 5.45. The Morgan fingerprint density at radius 2 is 1.72 bits per heavy atom. The Morgan fingerprint density at radius 3 is 2.22 bits per heavy atom. The predicted octanol–water partition coefficient (Wildman–Crippen LogP) is 4.21. The fourth-order valence-corrected chi connectivity index (χ4v) is 2.74. The first-order chi connectivity index (χ1) is 8.52. The maximum Gasteiger partial charge on any atom is 0.0171 e. The monoisotopic (exact) mass is 265 g/mol. The maximum atomic E-state index is 6.19. The van der Waals surface area contributed by atoms with Crippen molar-refractivity contribution in [1.29, 1.82) is 0 Å². The molecular formula is C16H27NS. The average Bonchev–Trinajstić information content (AvgIpc) is 2.36. The molecule has 0 aliphatic heterocycles. The van der Waals surface area contributed by atoms with Crippen molar-refractivity contribution in [2.75, 3.05) is 5.75 Å². The van der Waals surface area contributed by atoms with Crippen LogP contribution >= 0.6 is 11.8 Å². The number of hydrogen-bond donors (Lipinski definition) is 1. The molecule has 2 N–H and O–H groups in total. The number of nitrogens with two attached hydrogens (primary N) is 1. The van der Waals surface area contributed by atoms with Gasteiger partial charge in [0.15, 0.2) is 0 Å². The van der Waals surface area contributed by atoms with E-state index in [0.29, 0.717) is 5.92 Å². The molecule has 2 unspecified atom stereocenters. The average molecular weight is 265 g/mol. The van der Waals surface area contributed by atoms with Gasteiger partial charge in [0.2, 0.25) is 0 Å². The van der Waals surface area contributed by atoms with Crippen LogP contribution in [0.4, 0.5) is 0 Å². The highest BCUT2D eigenvalue weighted by atomic mass is 32.2. The Bertz CT molecular complexity index is 331. The van der Waals surface area contributed by atoms with Crippen molar-refractivity contribution in [2.24, 2.45) is 5.73 Å². The molecule has 1 aromatic rings. The molecule has 0 aliphatic rings. The molecule has 102 valence electrons. The molecule has 2 heteroatoms. The van der Waals surface area contributed by atoms with E-state index in [4.69, 9.17) is 5.73 Å². The molecule has 0 aromatic heterocycles. The first kappa shape index (κ1) is 15.6. The van der Waals surface area contributed by atoms with Crippen LogP contribution in [0.3, 0.4) is 0 Å². The molecule has 1 aromatic carbocycles. The van der Waals surface area contributed by atoms with Crippen molar-refractivity contribution in [1.82, 2.24) is 0 Å². The van der Waals surface area contributed by atoms with Crippen LogP contribution in [-0.2, 0) is 6.42 Å². The Labute approximate surface area is 117 Å². The van der Waals surface area contributed by atoms with Crippen LogP contribution in [0, 0.1) is 0 Å². The molecule has 0 saturated heterocycles.